The Balaban J connectivity index is 1.32. The van der Waals surface area contributed by atoms with Gasteiger partial charge in [0.2, 0.25) is 0 Å². The second-order valence-corrected chi connectivity index (χ2v) is 12.6. The highest BCUT2D eigenvalue weighted by Crippen LogP contribution is 2.28. The highest BCUT2D eigenvalue weighted by Gasteiger charge is 2.24. The lowest BCUT2D eigenvalue weighted by Gasteiger charge is -2.19. The van der Waals surface area contributed by atoms with Crippen LogP contribution in [0.3, 0.4) is 0 Å². The summed E-state index contributed by atoms with van der Waals surface area (Å²) in [7, 11) is 1.72. The molecule has 1 aliphatic rings. The van der Waals surface area contributed by atoms with Crippen LogP contribution in [0.4, 0.5) is 8.78 Å². The number of likely N-dealkylation sites (N-methyl/N-ethyl adjacent to an activating group) is 1. The van der Waals surface area contributed by atoms with E-state index in [0.29, 0.717) is 47.6 Å². The number of fused-ring (bicyclic) bond motifs is 1. The first-order valence-electron chi connectivity index (χ1n) is 15.3. The van der Waals surface area contributed by atoms with Crippen LogP contribution in [0, 0.1) is 5.82 Å². The second-order valence-electron chi connectivity index (χ2n) is 11.7. The summed E-state index contributed by atoms with van der Waals surface area (Å²) in [6, 6.07) is 21.7. The molecule has 5 aromatic rings. The fraction of sp³-hybridized carbons (Fsp3) is 0.286. The average Bonchev–Trinajstić information content (AvgIpc) is 3.70. The van der Waals surface area contributed by atoms with E-state index in [1.54, 1.807) is 36.2 Å². The van der Waals surface area contributed by atoms with Gasteiger partial charge in [-0.15, -0.1) is 10.2 Å². The molecule has 3 aromatic carbocycles. The molecule has 6 rings (SSSR count). The summed E-state index contributed by atoms with van der Waals surface area (Å²) in [6.07, 6.45) is 2.28. The van der Waals surface area contributed by atoms with Gasteiger partial charge in [0.05, 0.1) is 26.2 Å². The van der Waals surface area contributed by atoms with Crippen LogP contribution in [0.2, 0.25) is 0 Å². The summed E-state index contributed by atoms with van der Waals surface area (Å²) in [5.41, 5.74) is 5.96. The molecule has 0 spiro atoms. The van der Waals surface area contributed by atoms with Crippen molar-refractivity contribution in [2.24, 2.45) is 0 Å². The summed E-state index contributed by atoms with van der Waals surface area (Å²) in [4.78, 5) is 30.5. The molecule has 0 atom stereocenters. The van der Waals surface area contributed by atoms with Crippen molar-refractivity contribution < 1.29 is 18.7 Å². The number of thioether (sulfide) groups is 1. The number of halogens is 2. The lowest BCUT2D eigenvalue weighted by molar-refractivity contribution is -0.138. The van der Waals surface area contributed by atoms with Gasteiger partial charge in [-0.1, -0.05) is 72.4 Å². The van der Waals surface area contributed by atoms with Gasteiger partial charge in [0, 0.05) is 17.0 Å². The number of alkyl halides is 1. The number of rotatable bonds is 13. The van der Waals surface area contributed by atoms with Crippen LogP contribution in [0.25, 0.3) is 11.1 Å². The minimum absolute atomic E-state index is 0.153. The van der Waals surface area contributed by atoms with Crippen LogP contribution in [-0.2, 0) is 49.7 Å². The fourth-order valence-corrected chi connectivity index (χ4v) is 6.78. The molecule has 0 fully saturated rings. The largest absolute Gasteiger partial charge is 0.480 e. The van der Waals surface area contributed by atoms with Crippen LogP contribution >= 0.6 is 11.8 Å². The normalized spacial score (nSPS) is 12.5. The molecule has 0 amide bonds. The van der Waals surface area contributed by atoms with Crippen molar-refractivity contribution in [3.05, 3.63) is 129 Å². The lowest BCUT2D eigenvalue weighted by atomic mass is 10.0. The highest BCUT2D eigenvalue weighted by molar-refractivity contribution is 7.98. The van der Waals surface area contributed by atoms with E-state index in [-0.39, 0.29) is 24.5 Å². The zero-order chi connectivity index (χ0) is 32.9. The third-order valence-electron chi connectivity index (χ3n) is 8.24. The number of hydrogen-bond acceptors (Lipinski definition) is 7. The minimum Gasteiger partial charge on any atom is -0.480 e. The highest BCUT2D eigenvalue weighted by atomic mass is 32.2. The van der Waals surface area contributed by atoms with Gasteiger partial charge in [0.15, 0.2) is 11.0 Å². The van der Waals surface area contributed by atoms with Gasteiger partial charge in [-0.05, 0) is 66.3 Å². The van der Waals surface area contributed by atoms with Crippen molar-refractivity contribution in [1.29, 1.82) is 0 Å². The maximum atomic E-state index is 13.5. The molecule has 47 heavy (non-hydrogen) atoms. The summed E-state index contributed by atoms with van der Waals surface area (Å²) >= 11 is 1.42. The Hall–Kier alpha value is -4.68. The molecule has 0 bridgehead atoms. The van der Waals surface area contributed by atoms with Crippen LogP contribution in [-0.4, -0.2) is 53.9 Å². The number of aromatic nitrogens is 5. The number of aliphatic carboxylic acids is 1. The van der Waals surface area contributed by atoms with E-state index >= 15 is 0 Å². The molecule has 0 saturated carbocycles. The number of carboxylic acids is 1. The quantitative estimate of drug-likeness (QED) is 0.131. The molecule has 0 unspecified atom stereocenters. The van der Waals surface area contributed by atoms with Gasteiger partial charge in [0.25, 0.3) is 5.56 Å². The Morgan fingerprint density at radius 1 is 0.872 bits per heavy atom. The first kappa shape index (κ1) is 32.3. The predicted molar refractivity (Wildman–Crippen MR) is 175 cm³/mol. The van der Waals surface area contributed by atoms with Crippen LogP contribution in [0.15, 0.2) is 82.7 Å². The first-order chi connectivity index (χ1) is 22.8. The van der Waals surface area contributed by atoms with E-state index in [9.17, 15) is 23.5 Å². The van der Waals surface area contributed by atoms with E-state index in [0.717, 1.165) is 46.4 Å². The molecule has 9 nitrogen and oxygen atoms in total. The zero-order valence-electron chi connectivity index (χ0n) is 25.9. The Morgan fingerprint density at radius 3 is 2.17 bits per heavy atom. The molecule has 1 aliphatic carbocycles. The molecule has 0 saturated heterocycles. The van der Waals surface area contributed by atoms with Crippen molar-refractivity contribution in [3.63, 3.8) is 0 Å². The molecule has 12 heteroatoms. The molecule has 2 heterocycles. The second kappa shape index (κ2) is 14.4. The minimum atomic E-state index is -0.938. The fourth-order valence-electron chi connectivity index (χ4n) is 5.82. The van der Waals surface area contributed by atoms with Crippen LogP contribution in [0.5, 0.6) is 0 Å². The summed E-state index contributed by atoms with van der Waals surface area (Å²) < 4.78 is 30.5. The Kier molecular flexibility index (Phi) is 9.88. The Labute approximate surface area is 274 Å². The maximum absolute atomic E-state index is 13.5. The molecule has 0 aliphatic heterocycles. The maximum Gasteiger partial charge on any atom is 0.317 e. The Morgan fingerprint density at radius 2 is 1.51 bits per heavy atom. The van der Waals surface area contributed by atoms with Gasteiger partial charge >= 0.3 is 5.97 Å². The predicted octanol–water partition coefficient (Wildman–Crippen LogP) is 5.50. The lowest BCUT2D eigenvalue weighted by Crippen LogP contribution is -2.27. The first-order valence-corrected chi connectivity index (χ1v) is 16.3. The Bertz CT molecular complexity index is 1930. The van der Waals surface area contributed by atoms with Crippen molar-refractivity contribution >= 4 is 17.7 Å². The van der Waals surface area contributed by atoms with Gasteiger partial charge in [-0.3, -0.25) is 14.5 Å². The van der Waals surface area contributed by atoms with Crippen molar-refractivity contribution in [2.45, 2.75) is 56.5 Å². The standard InChI is InChI=1S/C35H34F2N6O3S/c1-41(21-33(44)45)19-31-39-40-32(43(31)18-24-7-13-27(14-8-24)26-11-5-23(17-36)6-12-26)20-42-30-4-2-3-29(30)34(46)38-35(42)47-22-25-9-15-28(37)16-10-25/h5-16H,2-4,17-22H2,1H3,(H,44,45). The van der Waals surface area contributed by atoms with Gasteiger partial charge < -0.3 is 14.2 Å². The number of carboxylic acid groups (broad SMARTS) is 1. The summed E-state index contributed by atoms with van der Waals surface area (Å²) in [5.74, 6) is 0.523. The van der Waals surface area contributed by atoms with Crippen molar-refractivity contribution in [2.75, 3.05) is 13.6 Å². The topological polar surface area (TPSA) is 106 Å². The van der Waals surface area contributed by atoms with Crippen molar-refractivity contribution in [3.8, 4) is 11.1 Å². The summed E-state index contributed by atoms with van der Waals surface area (Å²) in [5, 5.41) is 19.0. The van der Waals surface area contributed by atoms with E-state index in [1.807, 2.05) is 45.5 Å². The molecule has 2 aromatic heterocycles. The third-order valence-corrected chi connectivity index (χ3v) is 9.29. The molecular formula is C35H34F2N6O3S. The zero-order valence-corrected chi connectivity index (χ0v) is 26.7. The number of hydrogen-bond donors (Lipinski definition) is 1. The van der Waals surface area contributed by atoms with Crippen LogP contribution < -0.4 is 5.56 Å². The van der Waals surface area contributed by atoms with E-state index in [1.165, 1.54) is 23.9 Å². The van der Waals surface area contributed by atoms with E-state index in [2.05, 4.69) is 15.2 Å². The third kappa shape index (κ3) is 7.66. The van der Waals surface area contributed by atoms with Gasteiger partial charge in [0.1, 0.15) is 18.3 Å². The number of carbonyl (C=O) groups is 1. The van der Waals surface area contributed by atoms with Gasteiger partial charge in [-0.25, -0.2) is 8.78 Å². The summed E-state index contributed by atoms with van der Waals surface area (Å²) in [6.45, 7) is 0.366. The van der Waals surface area contributed by atoms with E-state index < -0.39 is 12.6 Å². The number of nitrogens with zero attached hydrogens (tertiary/aromatic N) is 6. The monoisotopic (exact) mass is 656 g/mol. The molecular weight excluding hydrogens is 622 g/mol. The molecule has 1 N–H and O–H groups in total. The van der Waals surface area contributed by atoms with E-state index in [4.69, 9.17) is 0 Å². The molecule has 0 radical (unpaired) electrons. The van der Waals surface area contributed by atoms with Gasteiger partial charge in [-0.2, -0.15) is 4.98 Å². The average molecular weight is 657 g/mol. The van der Waals surface area contributed by atoms with Crippen LogP contribution in [0.1, 0.15) is 46.0 Å². The number of benzene rings is 3. The SMILES string of the molecule is CN(CC(=O)O)Cc1nnc(Cn2c(SCc3ccc(F)cc3)nc(=O)c3c2CCC3)n1Cc1ccc(-c2ccc(CF)cc2)cc1. The molecule has 242 valence electrons. The smallest absolute Gasteiger partial charge is 0.317 e. The van der Waals surface area contributed by atoms with Crippen molar-refractivity contribution in [1.82, 2.24) is 29.2 Å².